The third kappa shape index (κ3) is 5.16. The molecule has 3 aromatic rings. The van der Waals surface area contributed by atoms with Crippen molar-refractivity contribution in [2.45, 2.75) is 43.3 Å². The van der Waals surface area contributed by atoms with Crippen molar-refractivity contribution in [1.29, 1.82) is 0 Å². The first-order valence-electron chi connectivity index (χ1n) is 11.6. The minimum absolute atomic E-state index is 0.224. The van der Waals surface area contributed by atoms with E-state index in [4.69, 9.17) is 63.2 Å². The van der Waals surface area contributed by atoms with Gasteiger partial charge in [-0.2, -0.15) is 0 Å². The molecule has 0 N–H and O–H groups in total. The highest BCUT2D eigenvalue weighted by Gasteiger charge is 2.50. The van der Waals surface area contributed by atoms with Crippen molar-refractivity contribution in [3.8, 4) is 0 Å². The molecule has 6 rings (SSSR count). The lowest BCUT2D eigenvalue weighted by atomic mass is 10.00. The molecule has 9 heteroatoms. The minimum Gasteiger partial charge on any atom is -0.346 e. The molecule has 0 amide bonds. The van der Waals surface area contributed by atoms with Gasteiger partial charge in [0.15, 0.2) is 18.9 Å². The van der Waals surface area contributed by atoms with Crippen molar-refractivity contribution >= 4 is 34.8 Å². The molecule has 3 heterocycles. The van der Waals surface area contributed by atoms with E-state index in [0.29, 0.717) is 15.1 Å². The molecule has 0 aromatic heterocycles. The Balaban J connectivity index is 1.32. The molecule has 188 valence electrons. The SMILES string of the molecule is Clc1ccc(C2OC[C@@H]3OC(c4ccc(Cl)cc4)OC[C@H]4OC(c5ccc(Cl)cc5)O[C@@H]3[C@H]4O2)cc1. The van der Waals surface area contributed by atoms with Crippen LogP contribution in [0.4, 0.5) is 0 Å². The Morgan fingerprint density at radius 2 is 0.778 bits per heavy atom. The molecule has 6 nitrogen and oxygen atoms in total. The molecule has 3 aromatic carbocycles. The molecule has 3 unspecified atom stereocenters. The molecule has 3 aliphatic rings. The van der Waals surface area contributed by atoms with Gasteiger partial charge in [0, 0.05) is 31.8 Å². The van der Waals surface area contributed by atoms with Gasteiger partial charge in [0.25, 0.3) is 0 Å². The quantitative estimate of drug-likeness (QED) is 0.364. The smallest absolute Gasteiger partial charge is 0.184 e. The summed E-state index contributed by atoms with van der Waals surface area (Å²) in [5.41, 5.74) is 2.52. The van der Waals surface area contributed by atoms with E-state index in [-0.39, 0.29) is 13.2 Å². The van der Waals surface area contributed by atoms with Crippen LogP contribution in [0.1, 0.15) is 35.6 Å². The molecule has 3 aliphatic heterocycles. The third-order valence-electron chi connectivity index (χ3n) is 6.47. The van der Waals surface area contributed by atoms with Crippen LogP contribution in [0.5, 0.6) is 0 Å². The van der Waals surface area contributed by atoms with Crippen molar-refractivity contribution < 1.29 is 28.4 Å². The topological polar surface area (TPSA) is 55.4 Å². The molecular weight excluding hydrogens is 527 g/mol. The fourth-order valence-corrected chi connectivity index (χ4v) is 5.00. The summed E-state index contributed by atoms with van der Waals surface area (Å²) in [6.07, 6.45) is -3.82. The van der Waals surface area contributed by atoms with Gasteiger partial charge in [-0.1, -0.05) is 71.2 Å². The van der Waals surface area contributed by atoms with Crippen molar-refractivity contribution in [2.24, 2.45) is 0 Å². The summed E-state index contributed by atoms with van der Waals surface area (Å²) in [7, 11) is 0. The third-order valence-corrected chi connectivity index (χ3v) is 7.22. The van der Waals surface area contributed by atoms with Crippen molar-refractivity contribution in [2.75, 3.05) is 13.2 Å². The molecule has 36 heavy (non-hydrogen) atoms. The molecule has 0 spiro atoms. The van der Waals surface area contributed by atoms with E-state index < -0.39 is 43.3 Å². The second kappa shape index (κ2) is 10.6. The summed E-state index contributed by atoms with van der Waals surface area (Å²) < 4.78 is 38.2. The standard InChI is InChI=1S/C27H23Cl3O6/c28-18-7-1-15(2-8-18)25-31-14-22-23-24(36-27(34-22)17-5-11-20(30)12-6-17)21(33-25)13-32-26(35-23)16-3-9-19(29)10-4-16/h1-12,21-27H,13-14H2/t21-,22+,23-,24-,25?,26?,27?/m0/s1. The van der Waals surface area contributed by atoms with Crippen LogP contribution in [-0.2, 0) is 28.4 Å². The Morgan fingerprint density at radius 1 is 0.444 bits per heavy atom. The first kappa shape index (κ1) is 24.6. The summed E-state index contributed by atoms with van der Waals surface area (Å²) in [5, 5.41) is 1.91. The van der Waals surface area contributed by atoms with E-state index in [1.54, 1.807) is 36.4 Å². The predicted molar refractivity (Wildman–Crippen MR) is 134 cm³/mol. The van der Waals surface area contributed by atoms with Crippen molar-refractivity contribution in [1.82, 2.24) is 0 Å². The fourth-order valence-electron chi connectivity index (χ4n) is 4.62. The van der Waals surface area contributed by atoms with Gasteiger partial charge in [0.05, 0.1) is 13.2 Å². The zero-order chi connectivity index (χ0) is 24.6. The van der Waals surface area contributed by atoms with Crippen LogP contribution in [0, 0.1) is 0 Å². The molecular formula is C27H23Cl3O6. The highest BCUT2D eigenvalue weighted by atomic mass is 35.5. The summed E-state index contributed by atoms with van der Waals surface area (Å²) in [5.74, 6) is 0. The first-order valence-corrected chi connectivity index (χ1v) is 12.8. The van der Waals surface area contributed by atoms with E-state index in [1.165, 1.54) is 0 Å². The Kier molecular flexibility index (Phi) is 7.23. The average molecular weight is 550 g/mol. The lowest BCUT2D eigenvalue weighted by Crippen LogP contribution is -2.57. The maximum atomic E-state index is 6.48. The number of halogens is 3. The van der Waals surface area contributed by atoms with Gasteiger partial charge in [-0.3, -0.25) is 0 Å². The van der Waals surface area contributed by atoms with Crippen LogP contribution in [0.15, 0.2) is 72.8 Å². The van der Waals surface area contributed by atoms with Crippen molar-refractivity contribution in [3.05, 3.63) is 105 Å². The Bertz CT molecular complexity index is 1070. The Morgan fingerprint density at radius 3 is 1.22 bits per heavy atom. The van der Waals surface area contributed by atoms with Crippen LogP contribution in [0.2, 0.25) is 15.1 Å². The van der Waals surface area contributed by atoms with Crippen LogP contribution < -0.4 is 0 Å². The molecule has 7 atom stereocenters. The molecule has 0 radical (unpaired) electrons. The monoisotopic (exact) mass is 548 g/mol. The molecule has 3 fully saturated rings. The van der Waals surface area contributed by atoms with E-state index >= 15 is 0 Å². The van der Waals surface area contributed by atoms with Gasteiger partial charge < -0.3 is 28.4 Å². The van der Waals surface area contributed by atoms with E-state index in [9.17, 15) is 0 Å². The van der Waals surface area contributed by atoms with E-state index in [1.807, 2.05) is 36.4 Å². The maximum absolute atomic E-state index is 6.48. The first-order chi connectivity index (χ1) is 17.5. The van der Waals surface area contributed by atoms with Gasteiger partial charge in [0.1, 0.15) is 24.4 Å². The second-order valence-corrected chi connectivity index (χ2v) is 10.2. The van der Waals surface area contributed by atoms with Crippen LogP contribution in [0.25, 0.3) is 0 Å². The van der Waals surface area contributed by atoms with Gasteiger partial charge in [0.2, 0.25) is 0 Å². The highest BCUT2D eigenvalue weighted by Crippen LogP contribution is 2.42. The normalized spacial score (nSPS) is 32.2. The number of benzene rings is 3. The zero-order valence-corrected chi connectivity index (χ0v) is 21.2. The van der Waals surface area contributed by atoms with E-state index in [0.717, 1.165) is 16.7 Å². The van der Waals surface area contributed by atoms with Gasteiger partial charge >= 0.3 is 0 Å². The number of hydrogen-bond acceptors (Lipinski definition) is 6. The largest absolute Gasteiger partial charge is 0.346 e. The number of rotatable bonds is 3. The lowest BCUT2D eigenvalue weighted by molar-refractivity contribution is -0.354. The molecule has 0 aliphatic carbocycles. The van der Waals surface area contributed by atoms with Gasteiger partial charge in [-0.25, -0.2) is 0 Å². The number of hydrogen-bond donors (Lipinski definition) is 0. The summed E-state index contributed by atoms with van der Waals surface area (Å²) in [6.45, 7) is 0.448. The van der Waals surface area contributed by atoms with E-state index in [2.05, 4.69) is 0 Å². The average Bonchev–Trinajstić information content (AvgIpc) is 3.09. The summed E-state index contributed by atoms with van der Waals surface area (Å²) in [6, 6.07) is 22.1. The molecule has 4 bridgehead atoms. The summed E-state index contributed by atoms with van der Waals surface area (Å²) in [4.78, 5) is 0. The Hall–Kier alpha value is -1.71. The molecule has 3 saturated heterocycles. The maximum Gasteiger partial charge on any atom is 0.184 e. The zero-order valence-electron chi connectivity index (χ0n) is 19.0. The van der Waals surface area contributed by atoms with Crippen molar-refractivity contribution in [3.63, 3.8) is 0 Å². The van der Waals surface area contributed by atoms with Gasteiger partial charge in [-0.15, -0.1) is 0 Å². The summed E-state index contributed by atoms with van der Waals surface area (Å²) >= 11 is 18.3. The minimum atomic E-state index is -0.645. The predicted octanol–water partition coefficient (Wildman–Crippen LogP) is 6.66. The fraction of sp³-hybridized carbons (Fsp3) is 0.333. The Labute approximate surface area is 223 Å². The van der Waals surface area contributed by atoms with Gasteiger partial charge in [-0.05, 0) is 36.4 Å². The van der Waals surface area contributed by atoms with Crippen LogP contribution >= 0.6 is 34.8 Å². The van der Waals surface area contributed by atoms with Crippen LogP contribution in [-0.4, -0.2) is 37.6 Å². The van der Waals surface area contributed by atoms with Crippen LogP contribution in [0.3, 0.4) is 0 Å². The second-order valence-electron chi connectivity index (χ2n) is 8.87. The lowest BCUT2D eigenvalue weighted by Gasteiger charge is -2.45. The number of ether oxygens (including phenoxy) is 6. The highest BCUT2D eigenvalue weighted by molar-refractivity contribution is 6.31. The molecule has 0 saturated carbocycles.